The summed E-state index contributed by atoms with van der Waals surface area (Å²) in [4.78, 5) is 12.2. The van der Waals surface area contributed by atoms with Gasteiger partial charge in [-0.15, -0.1) is 0 Å². The summed E-state index contributed by atoms with van der Waals surface area (Å²) in [6.07, 6.45) is 8.35. The third-order valence-electron chi connectivity index (χ3n) is 4.23. The lowest BCUT2D eigenvalue weighted by atomic mass is 9.95. The van der Waals surface area contributed by atoms with E-state index in [1.807, 2.05) is 0 Å². The zero-order chi connectivity index (χ0) is 14.9. The third kappa shape index (κ3) is 5.16. The number of benzene rings is 1. The number of rotatable bonds is 8. The Morgan fingerprint density at radius 3 is 2.67 bits per heavy atom. The van der Waals surface area contributed by atoms with Crippen LogP contribution in [0.25, 0.3) is 0 Å². The molecule has 0 aliphatic carbocycles. The highest BCUT2D eigenvalue weighted by Gasteiger charge is 2.23. The fraction of sp³-hybridized carbons (Fsp3) is 0.611. The van der Waals surface area contributed by atoms with Crippen molar-refractivity contribution in [3.8, 4) is 0 Å². The third-order valence-corrected chi connectivity index (χ3v) is 4.23. The highest BCUT2D eigenvalue weighted by molar-refractivity contribution is 5.82. The number of unbranched alkanes of at least 4 members (excludes halogenated alkanes) is 5. The van der Waals surface area contributed by atoms with Crippen LogP contribution in [0, 0.1) is 0 Å². The molecule has 0 aromatic heterocycles. The molecule has 1 unspecified atom stereocenters. The molecule has 1 aromatic carbocycles. The van der Waals surface area contributed by atoms with Crippen molar-refractivity contribution in [1.82, 2.24) is 10.6 Å². The van der Waals surface area contributed by atoms with Gasteiger partial charge < -0.3 is 10.6 Å². The lowest BCUT2D eigenvalue weighted by Gasteiger charge is -2.25. The molecule has 1 aromatic rings. The lowest BCUT2D eigenvalue weighted by molar-refractivity contribution is -0.123. The Labute approximate surface area is 128 Å². The average Bonchev–Trinajstić information content (AvgIpc) is 2.53. The van der Waals surface area contributed by atoms with Crippen LogP contribution in [0.3, 0.4) is 0 Å². The van der Waals surface area contributed by atoms with E-state index in [1.165, 1.54) is 43.2 Å². The maximum atomic E-state index is 12.2. The maximum absolute atomic E-state index is 12.2. The Bertz CT molecular complexity index is 445. The predicted molar refractivity (Wildman–Crippen MR) is 87.2 cm³/mol. The first-order chi connectivity index (χ1) is 10.3. The Morgan fingerprint density at radius 1 is 1.14 bits per heavy atom. The van der Waals surface area contributed by atoms with Crippen LogP contribution in [0.15, 0.2) is 24.3 Å². The summed E-state index contributed by atoms with van der Waals surface area (Å²) < 4.78 is 0. The van der Waals surface area contributed by atoms with E-state index < -0.39 is 0 Å². The van der Waals surface area contributed by atoms with Crippen LogP contribution in [0.1, 0.15) is 56.6 Å². The molecule has 1 aliphatic rings. The number of hydrogen-bond donors (Lipinski definition) is 2. The number of nitrogens with one attached hydrogen (secondary N) is 2. The van der Waals surface area contributed by atoms with Crippen LogP contribution >= 0.6 is 0 Å². The Kier molecular flexibility index (Phi) is 6.74. The van der Waals surface area contributed by atoms with Gasteiger partial charge >= 0.3 is 0 Å². The van der Waals surface area contributed by atoms with E-state index in [-0.39, 0.29) is 11.9 Å². The highest BCUT2D eigenvalue weighted by atomic mass is 16.2. The molecule has 1 aliphatic heterocycles. The summed E-state index contributed by atoms with van der Waals surface area (Å²) in [7, 11) is 0. The van der Waals surface area contributed by atoms with Gasteiger partial charge in [-0.05, 0) is 24.0 Å². The van der Waals surface area contributed by atoms with E-state index in [0.29, 0.717) is 0 Å². The second-order valence-electron chi connectivity index (χ2n) is 5.97. The van der Waals surface area contributed by atoms with E-state index in [4.69, 9.17) is 0 Å². The quantitative estimate of drug-likeness (QED) is 0.721. The van der Waals surface area contributed by atoms with Gasteiger partial charge in [-0.25, -0.2) is 0 Å². The molecule has 0 saturated heterocycles. The minimum atomic E-state index is -0.0695. The first-order valence-corrected chi connectivity index (χ1v) is 8.39. The number of carbonyl (C=O) groups excluding carboxylic acids is 1. The molecule has 3 heteroatoms. The SMILES string of the molecule is CCCCCCCCNC(=O)C1Cc2ccccc2CN1. The second kappa shape index (κ2) is 8.83. The number of carbonyl (C=O) groups is 1. The lowest BCUT2D eigenvalue weighted by Crippen LogP contribution is -2.47. The molecule has 0 fully saturated rings. The number of fused-ring (bicyclic) bond motifs is 1. The van der Waals surface area contributed by atoms with Gasteiger partial charge in [0.2, 0.25) is 5.91 Å². The zero-order valence-corrected chi connectivity index (χ0v) is 13.2. The fourth-order valence-electron chi connectivity index (χ4n) is 2.88. The molecule has 1 amide bonds. The van der Waals surface area contributed by atoms with Crippen molar-refractivity contribution in [2.24, 2.45) is 0 Å². The van der Waals surface area contributed by atoms with Gasteiger partial charge in [-0.2, -0.15) is 0 Å². The molecule has 2 N–H and O–H groups in total. The summed E-state index contributed by atoms with van der Waals surface area (Å²) in [5.74, 6) is 0.151. The van der Waals surface area contributed by atoms with E-state index >= 15 is 0 Å². The molecular weight excluding hydrogens is 260 g/mol. The van der Waals surface area contributed by atoms with Crippen LogP contribution in [-0.2, 0) is 17.8 Å². The van der Waals surface area contributed by atoms with Crippen LogP contribution in [-0.4, -0.2) is 18.5 Å². The molecule has 1 atom stereocenters. The molecule has 1 heterocycles. The van der Waals surface area contributed by atoms with Crippen LogP contribution in [0.2, 0.25) is 0 Å². The molecule has 3 nitrogen and oxygen atoms in total. The summed E-state index contributed by atoms with van der Waals surface area (Å²) in [6, 6.07) is 8.30. The Hall–Kier alpha value is -1.35. The van der Waals surface area contributed by atoms with Crippen molar-refractivity contribution in [2.45, 2.75) is 64.5 Å². The largest absolute Gasteiger partial charge is 0.355 e. The summed E-state index contributed by atoms with van der Waals surface area (Å²) in [5.41, 5.74) is 2.62. The van der Waals surface area contributed by atoms with E-state index in [2.05, 4.69) is 41.8 Å². The minimum Gasteiger partial charge on any atom is -0.355 e. The minimum absolute atomic E-state index is 0.0695. The van der Waals surface area contributed by atoms with Crippen molar-refractivity contribution >= 4 is 5.91 Å². The van der Waals surface area contributed by atoms with Crippen molar-refractivity contribution in [2.75, 3.05) is 6.54 Å². The summed E-state index contributed by atoms with van der Waals surface area (Å²) in [5, 5.41) is 6.40. The topological polar surface area (TPSA) is 41.1 Å². The normalized spacial score (nSPS) is 17.3. The van der Waals surface area contributed by atoms with Crippen molar-refractivity contribution in [3.05, 3.63) is 35.4 Å². The van der Waals surface area contributed by atoms with E-state index in [9.17, 15) is 4.79 Å². The highest BCUT2D eigenvalue weighted by Crippen LogP contribution is 2.16. The summed E-state index contributed by atoms with van der Waals surface area (Å²) >= 11 is 0. The van der Waals surface area contributed by atoms with Crippen molar-refractivity contribution in [1.29, 1.82) is 0 Å². The molecule has 2 rings (SSSR count). The number of amides is 1. The molecule has 0 bridgehead atoms. The average molecular weight is 288 g/mol. The van der Waals surface area contributed by atoms with Gasteiger partial charge in [-0.1, -0.05) is 63.3 Å². The molecule has 0 radical (unpaired) electrons. The maximum Gasteiger partial charge on any atom is 0.237 e. The van der Waals surface area contributed by atoms with Crippen molar-refractivity contribution in [3.63, 3.8) is 0 Å². The molecule has 0 spiro atoms. The van der Waals surface area contributed by atoms with E-state index in [1.54, 1.807) is 0 Å². The number of hydrogen-bond acceptors (Lipinski definition) is 2. The standard InChI is InChI=1S/C18H28N2O/c1-2-3-4-5-6-9-12-19-18(21)17-13-15-10-7-8-11-16(15)14-20-17/h7-8,10-11,17,20H,2-6,9,12-14H2,1H3,(H,19,21). The van der Waals surface area contributed by atoms with Gasteiger partial charge in [-0.3, -0.25) is 4.79 Å². The molecular formula is C18H28N2O. The second-order valence-corrected chi connectivity index (χ2v) is 5.97. The van der Waals surface area contributed by atoms with Gasteiger partial charge in [0.15, 0.2) is 0 Å². The van der Waals surface area contributed by atoms with Crippen LogP contribution < -0.4 is 10.6 Å². The summed E-state index contributed by atoms with van der Waals surface area (Å²) in [6.45, 7) is 3.84. The zero-order valence-electron chi connectivity index (χ0n) is 13.2. The van der Waals surface area contributed by atoms with Gasteiger partial charge in [0, 0.05) is 13.1 Å². The van der Waals surface area contributed by atoms with E-state index in [0.717, 1.165) is 25.9 Å². The monoisotopic (exact) mass is 288 g/mol. The van der Waals surface area contributed by atoms with Crippen LogP contribution in [0.4, 0.5) is 0 Å². The molecule has 21 heavy (non-hydrogen) atoms. The first kappa shape index (κ1) is 16.0. The Morgan fingerprint density at radius 2 is 1.86 bits per heavy atom. The van der Waals surface area contributed by atoms with Crippen LogP contribution in [0.5, 0.6) is 0 Å². The fourth-order valence-corrected chi connectivity index (χ4v) is 2.88. The van der Waals surface area contributed by atoms with Gasteiger partial charge in [0.25, 0.3) is 0 Å². The predicted octanol–water partition coefficient (Wildman–Crippen LogP) is 3.18. The van der Waals surface area contributed by atoms with Crippen molar-refractivity contribution < 1.29 is 4.79 Å². The van der Waals surface area contributed by atoms with Gasteiger partial charge in [0.1, 0.15) is 0 Å². The molecule has 0 saturated carbocycles. The smallest absolute Gasteiger partial charge is 0.237 e. The van der Waals surface area contributed by atoms with Gasteiger partial charge in [0.05, 0.1) is 6.04 Å². The Balaban J connectivity index is 1.64. The first-order valence-electron chi connectivity index (χ1n) is 8.39. The molecule has 116 valence electrons.